The average molecular weight is 334 g/mol. The molecule has 0 fully saturated rings. The molecule has 0 nitrogen and oxygen atoms in total. The maximum atomic E-state index is 2.41. The van der Waals surface area contributed by atoms with Gasteiger partial charge in [0.15, 0.2) is 0 Å². The van der Waals surface area contributed by atoms with Gasteiger partial charge in [0.25, 0.3) is 0 Å². The Morgan fingerprint density at radius 3 is 1.50 bits per heavy atom. The van der Waals surface area contributed by atoms with E-state index < -0.39 is 8.07 Å². The molecule has 0 aliphatic rings. The van der Waals surface area contributed by atoms with Crippen molar-refractivity contribution in [3.05, 3.63) is 22.8 Å². The molecule has 0 bridgehead atoms. The summed E-state index contributed by atoms with van der Waals surface area (Å²) in [5.74, 6) is 0. The van der Waals surface area contributed by atoms with Crippen LogP contribution in [0.25, 0.3) is 0 Å². The first-order valence-corrected chi connectivity index (χ1v) is 8.08. The molecule has 0 saturated heterocycles. The fourth-order valence-corrected chi connectivity index (χ4v) is 3.67. The molecular weight excluding hydrogens is 314 g/mol. The smallest absolute Gasteiger partial charge is 1.00 e. The Morgan fingerprint density at radius 2 is 1.38 bits per heavy atom. The molecule has 0 heterocycles. The fraction of sp³-hybridized carbons (Fsp3) is 0.545. The zero-order chi connectivity index (χ0) is 9.52. The van der Waals surface area contributed by atoms with Crippen LogP contribution in [0.2, 0.25) is 19.6 Å². The Kier molecular flexibility index (Phi) is 14.8. The van der Waals surface area contributed by atoms with Gasteiger partial charge < -0.3 is 37.2 Å². The number of hydrogen-bond donors (Lipinski definition) is 0. The Bertz CT molecular complexity index is 303. The van der Waals surface area contributed by atoms with E-state index >= 15 is 0 Å². The van der Waals surface area contributed by atoms with Gasteiger partial charge in [0.05, 0.1) is 0 Å². The second-order valence-electron chi connectivity index (χ2n) is 4.74. The van der Waals surface area contributed by atoms with Crippen LogP contribution in [-0.4, -0.2) is 8.07 Å². The topological polar surface area (TPSA) is 0 Å². The predicted octanol–water partition coefficient (Wildman–Crippen LogP) is -6.11. The van der Waals surface area contributed by atoms with Crippen LogP contribution in [0.15, 0.2) is 6.07 Å². The van der Waals surface area contributed by atoms with Crippen LogP contribution < -0.4 is 42.4 Å². The number of halogens is 3. The van der Waals surface area contributed by atoms with Crippen molar-refractivity contribution in [3.8, 4) is 0 Å². The number of hydrogen-bond acceptors (Lipinski definition) is 0. The van der Waals surface area contributed by atoms with Crippen molar-refractivity contribution in [3.63, 3.8) is 0 Å². The van der Waals surface area contributed by atoms with Gasteiger partial charge in [-0.1, -0.05) is 40.4 Å². The van der Waals surface area contributed by atoms with E-state index in [2.05, 4.69) is 46.5 Å². The van der Waals surface area contributed by atoms with Gasteiger partial charge in [-0.25, -0.2) is 0 Å². The van der Waals surface area contributed by atoms with Crippen molar-refractivity contribution in [2.24, 2.45) is 0 Å². The monoisotopic (exact) mass is 332 g/mol. The molecule has 0 atom stereocenters. The summed E-state index contributed by atoms with van der Waals surface area (Å²) < 4.78 is 0. The molecule has 0 amide bonds. The molecule has 0 aliphatic carbocycles. The van der Waals surface area contributed by atoms with Gasteiger partial charge in [-0.05, 0) is 0 Å². The van der Waals surface area contributed by atoms with E-state index in [4.69, 9.17) is 0 Å². The van der Waals surface area contributed by atoms with Gasteiger partial charge in [0, 0.05) is 8.07 Å². The maximum Gasteiger partial charge on any atom is 4.00 e. The summed E-state index contributed by atoms with van der Waals surface area (Å²) in [5.41, 5.74) is 4.49. The third kappa shape index (κ3) is 5.66. The van der Waals surface area contributed by atoms with Crippen LogP contribution in [0.5, 0.6) is 0 Å². The minimum atomic E-state index is -1.09. The van der Waals surface area contributed by atoms with Gasteiger partial charge in [-0.15, -0.1) is 0 Å². The van der Waals surface area contributed by atoms with E-state index in [9.17, 15) is 0 Å². The minimum Gasteiger partial charge on any atom is -1.00 e. The molecule has 0 radical (unpaired) electrons. The second-order valence-corrected chi connectivity index (χ2v) is 9.78. The van der Waals surface area contributed by atoms with Crippen LogP contribution in [0.3, 0.4) is 0 Å². The van der Waals surface area contributed by atoms with Crippen molar-refractivity contribution in [1.82, 2.24) is 0 Å². The summed E-state index contributed by atoms with van der Waals surface area (Å²) in [6.07, 6.45) is 0. The molecule has 5 heteroatoms. The average Bonchev–Trinajstić information content (AvgIpc) is 2.15. The van der Waals surface area contributed by atoms with Gasteiger partial charge in [-0.3, -0.25) is 0 Å². The first kappa shape index (κ1) is 25.9. The second kappa shape index (κ2) is 9.13. The Hall–Kier alpha value is 1.15. The SMILES string of the molecule is Cc1c([Si](C)(C)C)c[c-](C)c1C.[Cl-].[Cl-].[Cl-].[Ti+4]. The molecule has 1 aromatic carbocycles. The van der Waals surface area contributed by atoms with Gasteiger partial charge in [0.1, 0.15) is 0 Å². The molecule has 0 aliphatic heterocycles. The molecule has 0 saturated carbocycles. The standard InChI is InChI=1S/C11H19Si.3ClH.Ti/c1-8-7-11(12(4,5)6)10(3)9(8)2;;;;/h7H,1-6H3;3*1H;/q-1;;;;+4/p-3. The first-order valence-electron chi connectivity index (χ1n) is 4.58. The van der Waals surface area contributed by atoms with Crippen LogP contribution in [0.1, 0.15) is 16.7 Å². The minimum absolute atomic E-state index is 0. The molecule has 0 aromatic heterocycles. The van der Waals surface area contributed by atoms with Crippen LogP contribution in [0.4, 0.5) is 0 Å². The van der Waals surface area contributed by atoms with E-state index in [1.165, 1.54) is 16.7 Å². The summed E-state index contributed by atoms with van der Waals surface area (Å²) in [6, 6.07) is 2.39. The third-order valence-corrected chi connectivity index (χ3v) is 4.86. The molecule has 1 aromatic rings. The van der Waals surface area contributed by atoms with Crippen molar-refractivity contribution in [2.75, 3.05) is 0 Å². The summed E-state index contributed by atoms with van der Waals surface area (Å²) in [4.78, 5) is 0. The molecule has 0 N–H and O–H groups in total. The van der Waals surface area contributed by atoms with Crippen LogP contribution in [0, 0.1) is 20.8 Å². The van der Waals surface area contributed by atoms with E-state index in [1.807, 2.05) is 0 Å². The Labute approximate surface area is 134 Å². The maximum absolute atomic E-state index is 2.41. The van der Waals surface area contributed by atoms with Crippen LogP contribution in [-0.2, 0) is 21.7 Å². The normalized spacial score (nSPS) is 9.12. The summed E-state index contributed by atoms with van der Waals surface area (Å²) in [5, 5.41) is 1.64. The first-order chi connectivity index (χ1) is 5.34. The predicted molar refractivity (Wildman–Crippen MR) is 59.2 cm³/mol. The van der Waals surface area contributed by atoms with Crippen LogP contribution >= 0.6 is 0 Å². The zero-order valence-corrected chi connectivity index (χ0v) is 15.5. The molecule has 16 heavy (non-hydrogen) atoms. The van der Waals surface area contributed by atoms with Crippen molar-refractivity contribution in [2.45, 2.75) is 40.4 Å². The summed E-state index contributed by atoms with van der Waals surface area (Å²) in [6.45, 7) is 13.9. The van der Waals surface area contributed by atoms with E-state index in [0.29, 0.717) is 0 Å². The summed E-state index contributed by atoms with van der Waals surface area (Å²) >= 11 is 0. The Morgan fingerprint density at radius 1 is 1.00 bits per heavy atom. The quantitative estimate of drug-likeness (QED) is 0.355. The largest absolute Gasteiger partial charge is 4.00 e. The molecular formula is C11H19Cl3SiTi. The van der Waals surface area contributed by atoms with E-state index in [-0.39, 0.29) is 58.9 Å². The zero-order valence-electron chi connectivity index (χ0n) is 10.7. The van der Waals surface area contributed by atoms with Gasteiger partial charge in [0.2, 0.25) is 0 Å². The fourth-order valence-electron chi connectivity index (χ4n) is 1.71. The molecule has 1 rings (SSSR count). The molecule has 92 valence electrons. The van der Waals surface area contributed by atoms with Crippen molar-refractivity contribution in [1.29, 1.82) is 0 Å². The molecule has 0 unspecified atom stereocenters. The summed E-state index contributed by atoms with van der Waals surface area (Å²) in [7, 11) is -1.09. The van der Waals surface area contributed by atoms with E-state index in [0.717, 1.165) is 0 Å². The van der Waals surface area contributed by atoms with Gasteiger partial charge in [-0.2, -0.15) is 27.9 Å². The number of aryl methyl sites for hydroxylation is 1. The van der Waals surface area contributed by atoms with Crippen molar-refractivity contribution < 1.29 is 58.9 Å². The van der Waals surface area contributed by atoms with E-state index in [1.54, 1.807) is 5.19 Å². The number of rotatable bonds is 1. The van der Waals surface area contributed by atoms with Gasteiger partial charge >= 0.3 is 21.7 Å². The third-order valence-electron chi connectivity index (χ3n) is 2.73. The van der Waals surface area contributed by atoms with Crippen molar-refractivity contribution >= 4 is 13.3 Å². The molecule has 0 spiro atoms. The Balaban J connectivity index is -0.000000180.